The monoisotopic (exact) mass is 290 g/mol. The topological polar surface area (TPSA) is 110 Å². The highest BCUT2D eigenvalue weighted by Gasteiger charge is 2.37. The smallest absolute Gasteiger partial charge is 0.322 e. The minimum Gasteiger partial charge on any atom is -0.480 e. The van der Waals surface area contributed by atoms with Gasteiger partial charge in [-0.2, -0.15) is 4.72 Å². The summed E-state index contributed by atoms with van der Waals surface area (Å²) in [6.45, 7) is 7.87. The summed E-state index contributed by atoms with van der Waals surface area (Å²) in [4.78, 5) is 11.1. The first-order chi connectivity index (χ1) is 8.47. The van der Waals surface area contributed by atoms with E-state index in [4.69, 9.17) is 9.63 Å². The van der Waals surface area contributed by atoms with Crippen LogP contribution in [-0.4, -0.2) is 30.7 Å². The first-order valence-corrected chi connectivity index (χ1v) is 7.13. The molecule has 0 saturated carbocycles. The second kappa shape index (κ2) is 4.93. The van der Waals surface area contributed by atoms with E-state index in [-0.39, 0.29) is 16.3 Å². The van der Waals surface area contributed by atoms with Crippen molar-refractivity contribution in [3.8, 4) is 0 Å². The standard InChI is InChI=1S/C11H18N2O5S/c1-6-8(7(2)18-12-6)19(16,17)13-9(10(14)15)11(3,4)5/h9,13H,1-5H3,(H,14,15). The van der Waals surface area contributed by atoms with Crippen molar-refractivity contribution in [1.29, 1.82) is 0 Å². The molecule has 1 aromatic heterocycles. The predicted molar refractivity (Wildman–Crippen MR) is 67.2 cm³/mol. The minimum absolute atomic E-state index is 0.108. The number of aryl methyl sites for hydroxylation is 2. The summed E-state index contributed by atoms with van der Waals surface area (Å²) in [6.07, 6.45) is 0. The molecule has 0 aliphatic carbocycles. The maximum absolute atomic E-state index is 12.2. The lowest BCUT2D eigenvalue weighted by atomic mass is 9.88. The molecule has 0 spiro atoms. The number of aromatic nitrogens is 1. The molecule has 108 valence electrons. The summed E-state index contributed by atoms with van der Waals surface area (Å²) in [5, 5.41) is 12.7. The van der Waals surface area contributed by atoms with Crippen molar-refractivity contribution in [2.45, 2.75) is 45.6 Å². The molecule has 1 aromatic rings. The van der Waals surface area contributed by atoms with E-state index < -0.39 is 27.4 Å². The minimum atomic E-state index is -3.99. The lowest BCUT2D eigenvalue weighted by molar-refractivity contribution is -0.141. The van der Waals surface area contributed by atoms with Gasteiger partial charge in [-0.25, -0.2) is 8.42 Å². The van der Waals surface area contributed by atoms with Crippen LogP contribution in [0, 0.1) is 19.3 Å². The van der Waals surface area contributed by atoms with Crippen LogP contribution in [0.2, 0.25) is 0 Å². The molecule has 7 nitrogen and oxygen atoms in total. The number of nitrogens with one attached hydrogen (secondary N) is 1. The lowest BCUT2D eigenvalue weighted by Crippen LogP contribution is -2.49. The summed E-state index contributed by atoms with van der Waals surface area (Å²) in [7, 11) is -3.99. The van der Waals surface area contributed by atoms with E-state index >= 15 is 0 Å². The highest BCUT2D eigenvalue weighted by atomic mass is 32.2. The van der Waals surface area contributed by atoms with Crippen LogP contribution < -0.4 is 4.72 Å². The normalized spacial score (nSPS) is 14.4. The Labute approximate surface area is 112 Å². The Hall–Kier alpha value is -1.41. The van der Waals surface area contributed by atoms with Gasteiger partial charge in [-0.3, -0.25) is 4.79 Å². The van der Waals surface area contributed by atoms with Gasteiger partial charge in [0.15, 0.2) is 5.76 Å². The van der Waals surface area contributed by atoms with E-state index in [1.165, 1.54) is 13.8 Å². The fraction of sp³-hybridized carbons (Fsp3) is 0.636. The Kier molecular flexibility index (Phi) is 4.06. The number of aliphatic carboxylic acids is 1. The van der Waals surface area contributed by atoms with E-state index in [0.717, 1.165) is 0 Å². The van der Waals surface area contributed by atoms with E-state index in [2.05, 4.69) is 9.88 Å². The first-order valence-electron chi connectivity index (χ1n) is 5.65. The molecule has 0 fully saturated rings. The van der Waals surface area contributed by atoms with E-state index in [1.54, 1.807) is 20.8 Å². The molecule has 19 heavy (non-hydrogen) atoms. The SMILES string of the molecule is Cc1noc(C)c1S(=O)(=O)NC(C(=O)O)C(C)(C)C. The first kappa shape index (κ1) is 15.6. The average Bonchev–Trinajstić information content (AvgIpc) is 2.53. The Morgan fingerprint density at radius 2 is 1.89 bits per heavy atom. The summed E-state index contributed by atoms with van der Waals surface area (Å²) in [5.74, 6) is -1.11. The van der Waals surface area contributed by atoms with E-state index in [1.807, 2.05) is 0 Å². The van der Waals surface area contributed by atoms with Gasteiger partial charge in [0.2, 0.25) is 10.0 Å². The van der Waals surface area contributed by atoms with E-state index in [9.17, 15) is 13.2 Å². The number of hydrogen-bond donors (Lipinski definition) is 2. The predicted octanol–water partition coefficient (Wildman–Crippen LogP) is 1.07. The van der Waals surface area contributed by atoms with Gasteiger partial charge >= 0.3 is 5.97 Å². The summed E-state index contributed by atoms with van der Waals surface area (Å²) in [5.41, 5.74) is -0.569. The lowest BCUT2D eigenvalue weighted by Gasteiger charge is -2.27. The van der Waals surface area contributed by atoms with E-state index in [0.29, 0.717) is 0 Å². The van der Waals surface area contributed by atoms with Crippen molar-refractivity contribution < 1.29 is 22.8 Å². The zero-order valence-electron chi connectivity index (χ0n) is 11.5. The van der Waals surface area contributed by atoms with Crippen molar-refractivity contribution in [2.75, 3.05) is 0 Å². The third-order valence-electron chi connectivity index (χ3n) is 2.62. The molecule has 0 aromatic carbocycles. The molecule has 1 atom stereocenters. The molecular formula is C11H18N2O5S. The van der Waals surface area contributed by atoms with Gasteiger partial charge in [-0.05, 0) is 19.3 Å². The molecule has 8 heteroatoms. The molecule has 0 aliphatic rings. The second-order valence-electron chi connectivity index (χ2n) is 5.41. The number of carboxylic acid groups (broad SMARTS) is 1. The largest absolute Gasteiger partial charge is 0.480 e. The quantitative estimate of drug-likeness (QED) is 0.858. The number of carboxylic acids is 1. The van der Waals surface area contributed by atoms with Crippen molar-refractivity contribution in [3.63, 3.8) is 0 Å². The zero-order chi connectivity index (χ0) is 15.0. The zero-order valence-corrected chi connectivity index (χ0v) is 12.3. The van der Waals surface area contributed by atoms with Crippen molar-refractivity contribution >= 4 is 16.0 Å². The van der Waals surface area contributed by atoms with Crippen LogP contribution in [0.1, 0.15) is 32.2 Å². The summed E-state index contributed by atoms with van der Waals surface area (Å²) in [6, 6.07) is -1.24. The number of carbonyl (C=O) groups is 1. The number of rotatable bonds is 4. The third kappa shape index (κ3) is 3.32. The van der Waals surface area contributed by atoms with Crippen LogP contribution in [0.25, 0.3) is 0 Å². The molecule has 0 radical (unpaired) electrons. The highest BCUT2D eigenvalue weighted by molar-refractivity contribution is 7.89. The van der Waals surface area contributed by atoms with Gasteiger partial charge in [-0.1, -0.05) is 25.9 Å². The van der Waals surface area contributed by atoms with Crippen LogP contribution in [-0.2, 0) is 14.8 Å². The molecule has 1 unspecified atom stereocenters. The summed E-state index contributed by atoms with van der Waals surface area (Å²) >= 11 is 0. The fourth-order valence-corrected chi connectivity index (χ4v) is 3.39. The third-order valence-corrected chi connectivity index (χ3v) is 4.29. The Bertz CT molecular complexity index is 563. The van der Waals surface area contributed by atoms with Gasteiger partial charge in [0.05, 0.1) is 0 Å². The van der Waals surface area contributed by atoms with Crippen LogP contribution >= 0.6 is 0 Å². The highest BCUT2D eigenvalue weighted by Crippen LogP contribution is 2.24. The molecule has 0 aliphatic heterocycles. The molecule has 0 amide bonds. The number of nitrogens with zero attached hydrogens (tertiary/aromatic N) is 1. The maximum atomic E-state index is 12.2. The number of sulfonamides is 1. The summed E-state index contributed by atoms with van der Waals surface area (Å²) < 4.78 is 31.4. The molecule has 1 rings (SSSR count). The van der Waals surface area contributed by atoms with Crippen LogP contribution in [0.5, 0.6) is 0 Å². The Balaban J connectivity index is 3.20. The van der Waals surface area contributed by atoms with Gasteiger partial charge in [0.25, 0.3) is 0 Å². The molecule has 0 saturated heterocycles. The van der Waals surface area contributed by atoms with Crippen molar-refractivity contribution in [2.24, 2.45) is 5.41 Å². The molecule has 2 N–H and O–H groups in total. The van der Waals surface area contributed by atoms with Gasteiger partial charge < -0.3 is 9.63 Å². The average molecular weight is 290 g/mol. The van der Waals surface area contributed by atoms with Crippen molar-refractivity contribution in [3.05, 3.63) is 11.5 Å². The Morgan fingerprint density at radius 1 is 1.37 bits per heavy atom. The second-order valence-corrected chi connectivity index (χ2v) is 7.06. The van der Waals surface area contributed by atoms with Gasteiger partial charge in [0, 0.05) is 0 Å². The number of hydrogen-bond acceptors (Lipinski definition) is 5. The van der Waals surface area contributed by atoms with Crippen LogP contribution in [0.4, 0.5) is 0 Å². The van der Waals surface area contributed by atoms with Crippen LogP contribution in [0.15, 0.2) is 9.42 Å². The Morgan fingerprint density at radius 3 is 2.21 bits per heavy atom. The fourth-order valence-electron chi connectivity index (χ4n) is 1.67. The molecule has 1 heterocycles. The molecular weight excluding hydrogens is 272 g/mol. The van der Waals surface area contributed by atoms with Crippen molar-refractivity contribution in [1.82, 2.24) is 9.88 Å². The molecule has 0 bridgehead atoms. The van der Waals surface area contributed by atoms with Crippen LogP contribution in [0.3, 0.4) is 0 Å². The maximum Gasteiger partial charge on any atom is 0.322 e. The van der Waals surface area contributed by atoms with Gasteiger partial charge in [-0.15, -0.1) is 0 Å². The van der Waals surface area contributed by atoms with Gasteiger partial charge in [0.1, 0.15) is 16.6 Å².